The number of thiazole rings is 1. The number of benzene rings is 2. The molecule has 5 rings (SSSR count). The molecule has 0 aliphatic carbocycles. The van der Waals surface area contributed by atoms with Gasteiger partial charge >= 0.3 is 0 Å². The number of aromatic nitrogens is 1. The van der Waals surface area contributed by atoms with E-state index in [0.29, 0.717) is 12.0 Å². The van der Waals surface area contributed by atoms with E-state index >= 15 is 0 Å². The second kappa shape index (κ2) is 9.19. The van der Waals surface area contributed by atoms with Crippen molar-refractivity contribution in [1.82, 2.24) is 14.8 Å². The van der Waals surface area contributed by atoms with Crippen molar-refractivity contribution in [3.8, 4) is 5.75 Å². The molecule has 1 aromatic heterocycles. The molecule has 2 fully saturated rings. The van der Waals surface area contributed by atoms with Crippen molar-refractivity contribution in [3.05, 3.63) is 59.1 Å². The molecule has 2 aliphatic heterocycles. The normalized spacial score (nSPS) is 24.1. The fourth-order valence-electron chi connectivity index (χ4n) is 5.09. The third kappa shape index (κ3) is 4.12. The van der Waals surface area contributed by atoms with Gasteiger partial charge in [-0.05, 0) is 48.2 Å². The van der Waals surface area contributed by atoms with Gasteiger partial charge in [0.1, 0.15) is 5.75 Å². The third-order valence-electron chi connectivity index (χ3n) is 6.26. The lowest BCUT2D eigenvalue weighted by atomic mass is 9.89. The zero-order chi connectivity index (χ0) is 18.4. The van der Waals surface area contributed by atoms with Crippen LogP contribution in [0.15, 0.2) is 48.0 Å². The summed E-state index contributed by atoms with van der Waals surface area (Å²) in [6.45, 7) is 4.58. The number of nitrogens with zero attached hydrogens (tertiary/aromatic N) is 3. The Bertz CT molecular complexity index is 949. The monoisotopic (exact) mass is 451 g/mol. The summed E-state index contributed by atoms with van der Waals surface area (Å²) in [5.74, 6) is 2.38. The molecular weight excluding hydrogens is 425 g/mol. The SMILES string of the molecule is COc1ccc([C@@H]2[C@@H]3CN(Cc4cccc5ncsc45)C[C@@H]3CN2C)cc1.Cl.Cl. The molecule has 0 N–H and O–H groups in total. The smallest absolute Gasteiger partial charge is 0.118 e. The van der Waals surface area contributed by atoms with E-state index in [9.17, 15) is 0 Å². The summed E-state index contributed by atoms with van der Waals surface area (Å²) in [5, 5.41) is 0. The van der Waals surface area contributed by atoms with Gasteiger partial charge in [0.15, 0.2) is 0 Å². The van der Waals surface area contributed by atoms with Crippen molar-refractivity contribution in [3.63, 3.8) is 0 Å². The fraction of sp³-hybridized carbons (Fsp3) is 0.409. The molecule has 156 valence electrons. The number of fused-ring (bicyclic) bond motifs is 2. The molecule has 2 aromatic carbocycles. The minimum atomic E-state index is 0. The highest BCUT2D eigenvalue weighted by atomic mass is 35.5. The number of hydrogen-bond donors (Lipinski definition) is 0. The first-order valence-corrected chi connectivity index (χ1v) is 10.5. The summed E-state index contributed by atoms with van der Waals surface area (Å²) in [6, 6.07) is 15.7. The first-order chi connectivity index (χ1) is 13.2. The van der Waals surface area contributed by atoms with Crippen LogP contribution in [0, 0.1) is 11.8 Å². The van der Waals surface area contributed by atoms with Crippen LogP contribution in [0.4, 0.5) is 0 Å². The van der Waals surface area contributed by atoms with E-state index in [0.717, 1.165) is 23.7 Å². The predicted molar refractivity (Wildman–Crippen MR) is 125 cm³/mol. The lowest BCUT2D eigenvalue weighted by Gasteiger charge is -2.27. The first-order valence-electron chi connectivity index (χ1n) is 9.60. The Morgan fingerprint density at radius 3 is 2.62 bits per heavy atom. The topological polar surface area (TPSA) is 28.6 Å². The van der Waals surface area contributed by atoms with Crippen LogP contribution < -0.4 is 4.74 Å². The van der Waals surface area contributed by atoms with E-state index < -0.39 is 0 Å². The van der Waals surface area contributed by atoms with Gasteiger partial charge in [0, 0.05) is 32.2 Å². The van der Waals surface area contributed by atoms with Gasteiger partial charge in [-0.3, -0.25) is 9.80 Å². The fourth-order valence-corrected chi connectivity index (χ4v) is 5.89. The third-order valence-corrected chi connectivity index (χ3v) is 7.18. The molecule has 2 saturated heterocycles. The van der Waals surface area contributed by atoms with E-state index in [2.05, 4.69) is 64.3 Å². The number of hydrogen-bond acceptors (Lipinski definition) is 5. The minimum Gasteiger partial charge on any atom is -0.497 e. The standard InChI is InChI=1S/C22H25N3OS.2ClH/c1-24-10-17-12-25(11-16-4-3-5-20-22(16)27-14-23-20)13-19(17)21(24)15-6-8-18(26-2)9-7-15;;/h3-9,14,17,19,21H,10-13H2,1-2H3;2*1H/t17-,19+,21+;;/m0../s1. The second-order valence-electron chi connectivity index (χ2n) is 7.89. The summed E-state index contributed by atoms with van der Waals surface area (Å²) < 4.78 is 6.68. The van der Waals surface area contributed by atoms with E-state index in [1.165, 1.54) is 35.5 Å². The molecule has 0 amide bonds. The zero-order valence-electron chi connectivity index (χ0n) is 16.7. The molecule has 3 aromatic rings. The van der Waals surface area contributed by atoms with Crippen molar-refractivity contribution in [1.29, 1.82) is 0 Å². The Balaban J connectivity index is 0.00000120. The Kier molecular flexibility index (Phi) is 7.07. The van der Waals surface area contributed by atoms with Crippen LogP contribution in [0.1, 0.15) is 17.2 Å². The van der Waals surface area contributed by atoms with Gasteiger partial charge in [0.05, 0.1) is 22.8 Å². The Morgan fingerprint density at radius 1 is 1.07 bits per heavy atom. The number of rotatable bonds is 4. The summed E-state index contributed by atoms with van der Waals surface area (Å²) in [4.78, 5) is 9.66. The van der Waals surface area contributed by atoms with Crippen LogP contribution in [0.25, 0.3) is 10.2 Å². The van der Waals surface area contributed by atoms with Crippen LogP contribution in [0.5, 0.6) is 5.75 Å². The van der Waals surface area contributed by atoms with E-state index in [1.807, 2.05) is 5.51 Å². The van der Waals surface area contributed by atoms with Crippen LogP contribution in [0.2, 0.25) is 0 Å². The van der Waals surface area contributed by atoms with Gasteiger partial charge in [-0.15, -0.1) is 36.2 Å². The maximum Gasteiger partial charge on any atom is 0.118 e. The molecule has 0 bridgehead atoms. The maximum atomic E-state index is 5.33. The maximum absolute atomic E-state index is 5.33. The number of halogens is 2. The van der Waals surface area contributed by atoms with Gasteiger partial charge < -0.3 is 4.74 Å². The Hall–Kier alpha value is -1.37. The summed E-state index contributed by atoms with van der Waals surface area (Å²) in [7, 11) is 4.00. The Labute approximate surface area is 188 Å². The number of methoxy groups -OCH3 is 1. The van der Waals surface area contributed by atoms with Gasteiger partial charge in [-0.25, -0.2) is 4.98 Å². The summed E-state index contributed by atoms with van der Waals surface area (Å²) >= 11 is 1.76. The van der Waals surface area contributed by atoms with Crippen LogP contribution in [0.3, 0.4) is 0 Å². The van der Waals surface area contributed by atoms with Gasteiger partial charge in [0.25, 0.3) is 0 Å². The number of likely N-dealkylation sites (tertiary alicyclic amines) is 2. The van der Waals surface area contributed by atoms with Crippen molar-refractivity contribution in [2.45, 2.75) is 12.6 Å². The van der Waals surface area contributed by atoms with Gasteiger partial charge in [-0.1, -0.05) is 24.3 Å². The van der Waals surface area contributed by atoms with E-state index in [-0.39, 0.29) is 24.8 Å². The highest BCUT2D eigenvalue weighted by Crippen LogP contribution is 2.44. The second-order valence-corrected chi connectivity index (χ2v) is 8.75. The average Bonchev–Trinajstić information content (AvgIpc) is 3.36. The molecule has 3 atom stereocenters. The predicted octanol–water partition coefficient (Wildman–Crippen LogP) is 4.88. The van der Waals surface area contributed by atoms with Crippen molar-refractivity contribution >= 4 is 46.4 Å². The molecule has 0 saturated carbocycles. The summed E-state index contributed by atoms with van der Waals surface area (Å²) in [6.07, 6.45) is 0. The van der Waals surface area contributed by atoms with Crippen LogP contribution in [-0.4, -0.2) is 48.6 Å². The highest BCUT2D eigenvalue weighted by molar-refractivity contribution is 7.16. The van der Waals surface area contributed by atoms with E-state index in [1.54, 1.807) is 18.4 Å². The minimum absolute atomic E-state index is 0. The molecule has 4 nitrogen and oxygen atoms in total. The zero-order valence-corrected chi connectivity index (χ0v) is 19.1. The van der Waals surface area contributed by atoms with Gasteiger partial charge in [-0.2, -0.15) is 0 Å². The molecule has 0 radical (unpaired) electrons. The summed E-state index contributed by atoms with van der Waals surface area (Å²) in [5.41, 5.74) is 5.93. The molecule has 7 heteroatoms. The quantitative estimate of drug-likeness (QED) is 0.564. The van der Waals surface area contributed by atoms with Crippen molar-refractivity contribution in [2.75, 3.05) is 33.8 Å². The lowest BCUT2D eigenvalue weighted by Crippen LogP contribution is -2.28. The van der Waals surface area contributed by atoms with Crippen LogP contribution in [-0.2, 0) is 6.54 Å². The van der Waals surface area contributed by atoms with Crippen LogP contribution >= 0.6 is 36.2 Å². The average molecular weight is 452 g/mol. The molecule has 29 heavy (non-hydrogen) atoms. The Morgan fingerprint density at radius 2 is 1.86 bits per heavy atom. The molecule has 0 unspecified atom stereocenters. The first kappa shape index (κ1) is 22.3. The molecule has 0 spiro atoms. The van der Waals surface area contributed by atoms with Gasteiger partial charge in [0.2, 0.25) is 0 Å². The molecule has 3 heterocycles. The van der Waals surface area contributed by atoms with Crippen molar-refractivity contribution in [2.24, 2.45) is 11.8 Å². The number of ether oxygens (including phenoxy) is 1. The van der Waals surface area contributed by atoms with Crippen molar-refractivity contribution < 1.29 is 4.74 Å². The molecular formula is C22H27Cl2N3OS. The van der Waals surface area contributed by atoms with E-state index in [4.69, 9.17) is 4.74 Å². The largest absolute Gasteiger partial charge is 0.497 e. The molecule has 2 aliphatic rings. The lowest BCUT2D eigenvalue weighted by molar-refractivity contribution is 0.225. The highest BCUT2D eigenvalue weighted by Gasteiger charge is 2.45.